The summed E-state index contributed by atoms with van der Waals surface area (Å²) >= 11 is 0. The maximum atomic E-state index is 11.7. The second-order valence-electron chi connectivity index (χ2n) is 21.4. The van der Waals surface area contributed by atoms with Crippen LogP contribution in [0.3, 0.4) is 0 Å². The van der Waals surface area contributed by atoms with Crippen LogP contribution >= 0.6 is 0 Å². The molecule has 0 spiro atoms. The number of ether oxygens (including phenoxy) is 2. The van der Waals surface area contributed by atoms with E-state index in [1.54, 1.807) is 0 Å². The van der Waals surface area contributed by atoms with Crippen molar-refractivity contribution in [2.24, 2.45) is 5.92 Å². The SMILES string of the molecule is C=C(CC(/C=C/C[C@H](O)C(/C=C/[C@@H]1CC(C)=CCO1)O[Si](C)(C)C(C)(C)C)O[Si](C)(C)C(C)(C)C)C[C@H](C)C[C@@H]1CC=C[C@@H](CCO[Si](C)(C)C(C)(C)C)O1. The van der Waals surface area contributed by atoms with Crippen molar-refractivity contribution in [3.8, 4) is 0 Å². The van der Waals surface area contributed by atoms with Gasteiger partial charge in [-0.2, -0.15) is 0 Å². The zero-order valence-corrected chi connectivity index (χ0v) is 41.6. The zero-order chi connectivity index (χ0) is 42.0. The van der Waals surface area contributed by atoms with Crippen LogP contribution in [0.4, 0.5) is 0 Å². The first-order valence-electron chi connectivity index (χ1n) is 21.3. The average Bonchev–Trinajstić information content (AvgIpc) is 3.01. The molecular formula is C46H86O6Si3. The predicted octanol–water partition coefficient (Wildman–Crippen LogP) is 12.9. The molecule has 1 N–H and O–H groups in total. The van der Waals surface area contributed by atoms with E-state index in [-0.39, 0.29) is 39.5 Å². The normalized spacial score (nSPS) is 23.2. The van der Waals surface area contributed by atoms with Crippen LogP contribution in [-0.4, -0.2) is 79.9 Å². The van der Waals surface area contributed by atoms with Gasteiger partial charge in [0, 0.05) is 6.61 Å². The largest absolute Gasteiger partial charge is 0.417 e. The van der Waals surface area contributed by atoms with Gasteiger partial charge in [-0.25, -0.2) is 0 Å². The number of hydrogen-bond donors (Lipinski definition) is 1. The molecule has 0 aromatic carbocycles. The standard InChI is InChI=1S/C46H86O6Si3/c1-35-27-29-48-39(32-35)25-26-43(52-55(17,18)46(10,11)12)42(47)24-20-23-41(51-54(15,16)45(7,8)9)34-37(3)31-36(2)33-40-22-19-21-38(50-40)28-30-49-53(13,14)44(4,5)6/h19-21,23,25-27,36,38-43,47H,3,22,24,28-34H2,1-2,4-18H3/b23-20+,26-25+/t36-,38-,39+,40-,41?,42-,43?/m0/s1. The van der Waals surface area contributed by atoms with E-state index in [9.17, 15) is 5.11 Å². The van der Waals surface area contributed by atoms with Gasteiger partial charge in [-0.05, 0) is 112 Å². The smallest absolute Gasteiger partial charge is 0.193 e. The van der Waals surface area contributed by atoms with Crippen molar-refractivity contribution in [3.05, 3.63) is 60.3 Å². The van der Waals surface area contributed by atoms with Crippen molar-refractivity contribution >= 4 is 25.0 Å². The van der Waals surface area contributed by atoms with Crippen molar-refractivity contribution < 1.29 is 27.9 Å². The highest BCUT2D eigenvalue weighted by Gasteiger charge is 2.41. The lowest BCUT2D eigenvalue weighted by Crippen LogP contribution is -2.46. The van der Waals surface area contributed by atoms with E-state index in [1.807, 2.05) is 6.08 Å². The van der Waals surface area contributed by atoms with Gasteiger partial charge in [-0.1, -0.05) is 129 Å². The number of rotatable bonds is 20. The molecule has 0 saturated heterocycles. The van der Waals surface area contributed by atoms with Crippen LogP contribution in [0.25, 0.3) is 0 Å². The molecule has 2 unspecified atom stereocenters. The van der Waals surface area contributed by atoms with E-state index in [4.69, 9.17) is 22.8 Å². The molecule has 0 aromatic rings. The zero-order valence-electron chi connectivity index (χ0n) is 38.6. The van der Waals surface area contributed by atoms with E-state index in [0.29, 0.717) is 18.9 Å². The molecule has 0 bridgehead atoms. The first-order valence-corrected chi connectivity index (χ1v) is 30.0. The van der Waals surface area contributed by atoms with E-state index in [1.165, 1.54) is 11.1 Å². The highest BCUT2D eigenvalue weighted by atomic mass is 28.4. The van der Waals surface area contributed by atoms with Gasteiger partial charge in [-0.3, -0.25) is 0 Å². The molecule has 0 amide bonds. The van der Waals surface area contributed by atoms with E-state index in [2.05, 4.69) is 158 Å². The van der Waals surface area contributed by atoms with E-state index < -0.39 is 37.2 Å². The Morgan fingerprint density at radius 2 is 1.51 bits per heavy atom. The molecule has 6 nitrogen and oxygen atoms in total. The molecule has 0 radical (unpaired) electrons. The molecule has 318 valence electrons. The Kier molecular flexibility index (Phi) is 19.1. The molecule has 2 rings (SSSR count). The van der Waals surface area contributed by atoms with Crippen LogP contribution in [0, 0.1) is 5.92 Å². The lowest BCUT2D eigenvalue weighted by Gasteiger charge is -2.40. The molecule has 2 aliphatic heterocycles. The fourth-order valence-electron chi connectivity index (χ4n) is 6.19. The van der Waals surface area contributed by atoms with Crippen molar-refractivity contribution in [1.29, 1.82) is 0 Å². The Labute approximate surface area is 343 Å². The number of aliphatic hydroxyl groups excluding tert-OH is 1. The third kappa shape index (κ3) is 17.1. The molecule has 7 atom stereocenters. The minimum atomic E-state index is -2.16. The molecular weight excluding hydrogens is 733 g/mol. The van der Waals surface area contributed by atoms with Crippen molar-refractivity contribution in [2.75, 3.05) is 13.2 Å². The summed E-state index contributed by atoms with van der Waals surface area (Å²) in [7, 11) is -6.00. The van der Waals surface area contributed by atoms with Crippen LogP contribution in [0.2, 0.25) is 54.4 Å². The van der Waals surface area contributed by atoms with Crippen LogP contribution in [0.5, 0.6) is 0 Å². The van der Waals surface area contributed by atoms with Crippen molar-refractivity contribution in [2.45, 2.75) is 212 Å². The lowest BCUT2D eigenvalue weighted by atomic mass is 9.91. The Morgan fingerprint density at radius 3 is 2.09 bits per heavy atom. The third-order valence-corrected chi connectivity index (χ3v) is 26.5. The monoisotopic (exact) mass is 819 g/mol. The summed E-state index contributed by atoms with van der Waals surface area (Å²) < 4.78 is 32.8. The van der Waals surface area contributed by atoms with E-state index >= 15 is 0 Å². The van der Waals surface area contributed by atoms with Crippen LogP contribution < -0.4 is 0 Å². The molecule has 0 saturated carbocycles. The summed E-state index contributed by atoms with van der Waals surface area (Å²) in [6, 6.07) is 0. The maximum absolute atomic E-state index is 11.7. The Bertz CT molecular complexity index is 1310. The summed E-state index contributed by atoms with van der Waals surface area (Å²) in [6.07, 6.45) is 20.1. The molecule has 0 aromatic heterocycles. The fraction of sp³-hybridized carbons (Fsp3) is 0.783. The Morgan fingerprint density at radius 1 is 0.909 bits per heavy atom. The van der Waals surface area contributed by atoms with Gasteiger partial charge in [0.2, 0.25) is 0 Å². The first kappa shape index (κ1) is 50.3. The maximum Gasteiger partial charge on any atom is 0.193 e. The van der Waals surface area contributed by atoms with Gasteiger partial charge in [0.15, 0.2) is 25.0 Å². The first-order chi connectivity index (χ1) is 25.0. The third-order valence-electron chi connectivity index (χ3n) is 13.0. The summed E-state index contributed by atoms with van der Waals surface area (Å²) in [5, 5.41) is 12.0. The molecule has 2 heterocycles. The highest BCUT2D eigenvalue weighted by molar-refractivity contribution is 6.75. The number of hydrogen-bond acceptors (Lipinski definition) is 6. The molecule has 0 aliphatic carbocycles. The van der Waals surface area contributed by atoms with Gasteiger partial charge in [0.25, 0.3) is 0 Å². The minimum Gasteiger partial charge on any atom is -0.417 e. The quantitative estimate of drug-likeness (QED) is 0.0975. The Balaban J connectivity index is 2.10. The molecule has 0 fully saturated rings. The van der Waals surface area contributed by atoms with Crippen LogP contribution in [-0.2, 0) is 22.8 Å². The summed E-state index contributed by atoms with van der Waals surface area (Å²) in [5.41, 5.74) is 2.53. The van der Waals surface area contributed by atoms with Gasteiger partial charge >= 0.3 is 0 Å². The summed E-state index contributed by atoms with van der Waals surface area (Å²) in [6.45, 7) is 44.6. The minimum absolute atomic E-state index is 0.00332. The fourth-order valence-corrected chi connectivity index (χ4v) is 9.79. The summed E-state index contributed by atoms with van der Waals surface area (Å²) in [4.78, 5) is 0. The lowest BCUT2D eigenvalue weighted by molar-refractivity contribution is -0.0148. The molecule has 9 heteroatoms. The Hall–Kier alpha value is -0.889. The molecule has 2 aliphatic rings. The average molecular weight is 819 g/mol. The van der Waals surface area contributed by atoms with Crippen LogP contribution in [0.1, 0.15) is 121 Å². The second-order valence-corrected chi connectivity index (χ2v) is 35.7. The van der Waals surface area contributed by atoms with Gasteiger partial charge in [0.05, 0.1) is 43.2 Å². The number of aliphatic hydroxyl groups is 1. The molecule has 55 heavy (non-hydrogen) atoms. The van der Waals surface area contributed by atoms with Gasteiger partial charge in [0.1, 0.15) is 0 Å². The van der Waals surface area contributed by atoms with Crippen molar-refractivity contribution in [3.63, 3.8) is 0 Å². The van der Waals surface area contributed by atoms with Gasteiger partial charge in [-0.15, -0.1) is 0 Å². The van der Waals surface area contributed by atoms with Crippen molar-refractivity contribution in [1.82, 2.24) is 0 Å². The van der Waals surface area contributed by atoms with Gasteiger partial charge < -0.3 is 27.9 Å². The predicted molar refractivity (Wildman–Crippen MR) is 243 cm³/mol. The van der Waals surface area contributed by atoms with Crippen LogP contribution in [0.15, 0.2) is 60.3 Å². The topological polar surface area (TPSA) is 66.4 Å². The van der Waals surface area contributed by atoms with E-state index in [0.717, 1.165) is 45.1 Å². The highest BCUT2D eigenvalue weighted by Crippen LogP contribution is 2.40. The summed E-state index contributed by atoms with van der Waals surface area (Å²) in [5.74, 6) is 0.444. The second kappa shape index (κ2) is 20.9.